The summed E-state index contributed by atoms with van der Waals surface area (Å²) in [6, 6.07) is 14.5. The Kier molecular flexibility index (Phi) is 5.56. The SMILES string of the molecule is CC(CCc1ccccc1)NC(=O)/C=C/c1cccs1. The standard InChI is InChI=1S/C17H19NOS/c1-14(9-10-15-6-3-2-4-7-15)18-17(19)12-11-16-8-5-13-20-16/h2-8,11-14H,9-10H2,1H3,(H,18,19)/b12-11+. The highest BCUT2D eigenvalue weighted by Gasteiger charge is 2.05. The van der Waals surface area contributed by atoms with Crippen LogP contribution in [0.2, 0.25) is 0 Å². The first-order valence-corrected chi connectivity index (χ1v) is 7.68. The molecule has 1 N–H and O–H groups in total. The number of amides is 1. The van der Waals surface area contributed by atoms with Crippen molar-refractivity contribution in [1.82, 2.24) is 5.32 Å². The van der Waals surface area contributed by atoms with E-state index in [4.69, 9.17) is 0 Å². The molecule has 0 bridgehead atoms. The molecule has 1 amide bonds. The number of hydrogen-bond acceptors (Lipinski definition) is 2. The Balaban J connectivity index is 1.74. The highest BCUT2D eigenvalue weighted by molar-refractivity contribution is 7.10. The van der Waals surface area contributed by atoms with Gasteiger partial charge in [0.05, 0.1) is 0 Å². The van der Waals surface area contributed by atoms with E-state index in [1.807, 2.05) is 48.7 Å². The van der Waals surface area contributed by atoms with Crippen LogP contribution < -0.4 is 5.32 Å². The second kappa shape index (κ2) is 7.65. The van der Waals surface area contributed by atoms with Gasteiger partial charge in [-0.15, -0.1) is 11.3 Å². The molecule has 3 heteroatoms. The van der Waals surface area contributed by atoms with E-state index in [0.717, 1.165) is 17.7 Å². The van der Waals surface area contributed by atoms with Gasteiger partial charge >= 0.3 is 0 Å². The van der Waals surface area contributed by atoms with Crippen LogP contribution in [0.1, 0.15) is 23.8 Å². The van der Waals surface area contributed by atoms with Gasteiger partial charge in [0.1, 0.15) is 0 Å². The fourth-order valence-electron chi connectivity index (χ4n) is 1.93. The summed E-state index contributed by atoms with van der Waals surface area (Å²) in [4.78, 5) is 12.9. The van der Waals surface area contributed by atoms with Gasteiger partial charge in [-0.25, -0.2) is 0 Å². The summed E-state index contributed by atoms with van der Waals surface area (Å²) in [6.45, 7) is 2.04. The maximum absolute atomic E-state index is 11.8. The molecule has 1 atom stereocenters. The van der Waals surface area contributed by atoms with Crippen LogP contribution in [0.4, 0.5) is 0 Å². The van der Waals surface area contributed by atoms with E-state index in [2.05, 4.69) is 17.4 Å². The van der Waals surface area contributed by atoms with Crippen LogP contribution in [-0.2, 0) is 11.2 Å². The molecule has 1 aromatic heterocycles. The van der Waals surface area contributed by atoms with Gasteiger partial charge in [-0.05, 0) is 42.9 Å². The van der Waals surface area contributed by atoms with Gasteiger partial charge in [0.25, 0.3) is 0 Å². The smallest absolute Gasteiger partial charge is 0.244 e. The van der Waals surface area contributed by atoms with E-state index >= 15 is 0 Å². The van der Waals surface area contributed by atoms with Crippen LogP contribution in [0.15, 0.2) is 53.9 Å². The second-order valence-corrected chi connectivity index (χ2v) is 5.76. The molecule has 0 aliphatic rings. The van der Waals surface area contributed by atoms with Gasteiger partial charge in [0.2, 0.25) is 5.91 Å². The summed E-state index contributed by atoms with van der Waals surface area (Å²) >= 11 is 1.62. The van der Waals surface area contributed by atoms with Crippen LogP contribution in [-0.4, -0.2) is 11.9 Å². The van der Waals surface area contributed by atoms with Gasteiger partial charge in [0, 0.05) is 17.0 Å². The van der Waals surface area contributed by atoms with Crippen molar-refractivity contribution >= 4 is 23.3 Å². The number of nitrogens with one attached hydrogen (secondary N) is 1. The second-order valence-electron chi connectivity index (χ2n) is 4.78. The van der Waals surface area contributed by atoms with E-state index in [0.29, 0.717) is 0 Å². The van der Waals surface area contributed by atoms with Crippen molar-refractivity contribution < 1.29 is 4.79 Å². The van der Waals surface area contributed by atoms with Gasteiger partial charge in [-0.1, -0.05) is 36.4 Å². The topological polar surface area (TPSA) is 29.1 Å². The molecule has 1 aromatic carbocycles. The average Bonchev–Trinajstić information content (AvgIpc) is 2.97. The van der Waals surface area contributed by atoms with Crippen molar-refractivity contribution in [2.75, 3.05) is 0 Å². The number of hydrogen-bond donors (Lipinski definition) is 1. The van der Waals surface area contributed by atoms with Crippen molar-refractivity contribution in [2.45, 2.75) is 25.8 Å². The molecule has 0 radical (unpaired) electrons. The molecule has 0 saturated carbocycles. The number of rotatable bonds is 6. The molecule has 2 nitrogen and oxygen atoms in total. The number of benzene rings is 1. The van der Waals surface area contributed by atoms with Crippen molar-refractivity contribution in [2.24, 2.45) is 0 Å². The molecule has 0 spiro atoms. The lowest BCUT2D eigenvalue weighted by atomic mass is 10.1. The molecule has 2 aromatic rings. The monoisotopic (exact) mass is 285 g/mol. The summed E-state index contributed by atoms with van der Waals surface area (Å²) in [5.74, 6) is -0.0287. The Bertz CT molecular complexity index is 546. The zero-order valence-corrected chi connectivity index (χ0v) is 12.4. The summed E-state index contributed by atoms with van der Waals surface area (Å²) in [5.41, 5.74) is 1.31. The van der Waals surface area contributed by atoms with Crippen LogP contribution in [0.3, 0.4) is 0 Å². The number of thiophene rings is 1. The maximum atomic E-state index is 11.8. The molecular formula is C17H19NOS. The van der Waals surface area contributed by atoms with Crippen molar-refractivity contribution in [1.29, 1.82) is 0 Å². The maximum Gasteiger partial charge on any atom is 0.244 e. The van der Waals surface area contributed by atoms with Gasteiger partial charge < -0.3 is 5.32 Å². The molecule has 0 saturated heterocycles. The summed E-state index contributed by atoms with van der Waals surface area (Å²) in [7, 11) is 0. The third-order valence-corrected chi connectivity index (χ3v) is 3.88. The summed E-state index contributed by atoms with van der Waals surface area (Å²) < 4.78 is 0. The van der Waals surface area contributed by atoms with Crippen molar-refractivity contribution in [3.05, 3.63) is 64.4 Å². The third-order valence-electron chi connectivity index (χ3n) is 3.04. The highest BCUT2D eigenvalue weighted by Crippen LogP contribution is 2.10. The summed E-state index contributed by atoms with van der Waals surface area (Å²) in [6.07, 6.45) is 5.38. The van der Waals surface area contributed by atoms with Crippen LogP contribution in [0.5, 0.6) is 0 Å². The quantitative estimate of drug-likeness (QED) is 0.801. The first-order valence-electron chi connectivity index (χ1n) is 6.80. The Hall–Kier alpha value is -1.87. The van der Waals surface area contributed by atoms with Crippen LogP contribution in [0, 0.1) is 0 Å². The molecule has 1 heterocycles. The number of aryl methyl sites for hydroxylation is 1. The summed E-state index contributed by atoms with van der Waals surface area (Å²) in [5, 5.41) is 4.99. The first kappa shape index (κ1) is 14.5. The van der Waals surface area contributed by atoms with E-state index in [9.17, 15) is 4.79 Å². The number of carbonyl (C=O) groups is 1. The van der Waals surface area contributed by atoms with Crippen molar-refractivity contribution in [3.8, 4) is 0 Å². The van der Waals surface area contributed by atoms with E-state index in [1.54, 1.807) is 17.4 Å². The Morgan fingerprint density at radius 3 is 2.75 bits per heavy atom. The van der Waals surface area contributed by atoms with Gasteiger partial charge in [-0.2, -0.15) is 0 Å². The fourth-order valence-corrected chi connectivity index (χ4v) is 2.55. The van der Waals surface area contributed by atoms with E-state index in [-0.39, 0.29) is 11.9 Å². The average molecular weight is 285 g/mol. The molecule has 2 rings (SSSR count). The molecule has 0 aliphatic carbocycles. The largest absolute Gasteiger partial charge is 0.350 e. The Labute approximate surface area is 124 Å². The van der Waals surface area contributed by atoms with Crippen LogP contribution in [0.25, 0.3) is 6.08 Å². The molecule has 0 fully saturated rings. The zero-order valence-electron chi connectivity index (χ0n) is 11.6. The first-order chi connectivity index (χ1) is 9.74. The Morgan fingerprint density at radius 2 is 2.05 bits per heavy atom. The minimum absolute atomic E-state index is 0.0287. The lowest BCUT2D eigenvalue weighted by Gasteiger charge is -2.12. The lowest BCUT2D eigenvalue weighted by Crippen LogP contribution is -2.31. The normalized spacial score (nSPS) is 12.4. The molecule has 1 unspecified atom stereocenters. The molecule has 0 aliphatic heterocycles. The van der Waals surface area contributed by atoms with E-state index < -0.39 is 0 Å². The predicted molar refractivity (Wildman–Crippen MR) is 85.7 cm³/mol. The molecule has 104 valence electrons. The highest BCUT2D eigenvalue weighted by atomic mass is 32.1. The predicted octanol–water partition coefficient (Wildman–Crippen LogP) is 3.90. The molecular weight excluding hydrogens is 266 g/mol. The third kappa shape index (κ3) is 5.02. The number of carbonyl (C=O) groups excluding carboxylic acids is 1. The minimum atomic E-state index is -0.0287. The van der Waals surface area contributed by atoms with Crippen molar-refractivity contribution in [3.63, 3.8) is 0 Å². The van der Waals surface area contributed by atoms with Gasteiger partial charge in [0.15, 0.2) is 0 Å². The fraction of sp³-hybridized carbons (Fsp3) is 0.235. The van der Waals surface area contributed by atoms with E-state index in [1.165, 1.54) is 5.56 Å². The van der Waals surface area contributed by atoms with Gasteiger partial charge in [-0.3, -0.25) is 4.79 Å². The lowest BCUT2D eigenvalue weighted by molar-refractivity contribution is -0.117. The molecule has 20 heavy (non-hydrogen) atoms. The zero-order chi connectivity index (χ0) is 14.2. The van der Waals surface area contributed by atoms with Crippen LogP contribution >= 0.6 is 11.3 Å². The Morgan fingerprint density at radius 1 is 1.25 bits per heavy atom. The minimum Gasteiger partial charge on any atom is -0.350 e.